The maximum atomic E-state index is 12.8. The van der Waals surface area contributed by atoms with Gasteiger partial charge in [0.15, 0.2) is 0 Å². The number of hydrogen-bond donors (Lipinski definition) is 0. The van der Waals surface area contributed by atoms with Crippen molar-refractivity contribution in [2.45, 2.75) is 104 Å². The standard InChI is InChI=1S/C14H14F6.C9H18.C2H6/c1-2-12(8-3-4-8)9-5-10(13(15,16)17)7-11(6-9)14(18,19)20;1-3-9-6-4-8(2)5-7-9;1-2/h5-8,12H,2-4H2,1H3;8-9H,3-7H2,1-2H3;1-2H3. The molecular formula is C25H38F6. The van der Waals surface area contributed by atoms with Gasteiger partial charge in [-0.2, -0.15) is 26.3 Å². The average Bonchev–Trinajstić information content (AvgIpc) is 3.55. The molecule has 0 bridgehead atoms. The van der Waals surface area contributed by atoms with Crippen LogP contribution in [0.3, 0.4) is 0 Å². The predicted octanol–water partition coefficient (Wildman–Crippen LogP) is 9.88. The van der Waals surface area contributed by atoms with E-state index >= 15 is 0 Å². The largest absolute Gasteiger partial charge is 0.416 e. The molecule has 0 nitrogen and oxygen atoms in total. The smallest absolute Gasteiger partial charge is 0.166 e. The minimum Gasteiger partial charge on any atom is -0.166 e. The van der Waals surface area contributed by atoms with Gasteiger partial charge in [-0.15, -0.1) is 0 Å². The van der Waals surface area contributed by atoms with Gasteiger partial charge in [0.1, 0.15) is 0 Å². The van der Waals surface area contributed by atoms with Gasteiger partial charge in [0.25, 0.3) is 0 Å². The number of halogens is 6. The second kappa shape index (κ2) is 12.2. The van der Waals surface area contributed by atoms with Gasteiger partial charge in [-0.05, 0) is 66.7 Å². The third-order valence-electron chi connectivity index (χ3n) is 6.38. The summed E-state index contributed by atoms with van der Waals surface area (Å²) in [5, 5.41) is 0. The molecule has 2 fully saturated rings. The van der Waals surface area contributed by atoms with Crippen molar-refractivity contribution in [3.63, 3.8) is 0 Å². The lowest BCUT2D eigenvalue weighted by Gasteiger charge is -2.24. The fourth-order valence-electron chi connectivity index (χ4n) is 4.27. The van der Waals surface area contributed by atoms with Crippen LogP contribution < -0.4 is 0 Å². The molecule has 0 radical (unpaired) electrons. The van der Waals surface area contributed by atoms with Gasteiger partial charge in [-0.3, -0.25) is 0 Å². The van der Waals surface area contributed by atoms with Crippen molar-refractivity contribution in [2.24, 2.45) is 17.8 Å². The van der Waals surface area contributed by atoms with Gasteiger partial charge in [-0.1, -0.05) is 66.7 Å². The highest BCUT2D eigenvalue weighted by Gasteiger charge is 2.39. The summed E-state index contributed by atoms with van der Waals surface area (Å²) in [5.74, 6) is 2.08. The lowest BCUT2D eigenvalue weighted by molar-refractivity contribution is -0.143. The van der Waals surface area contributed by atoms with Crippen molar-refractivity contribution in [1.82, 2.24) is 0 Å². The zero-order chi connectivity index (χ0) is 23.8. The summed E-state index contributed by atoms with van der Waals surface area (Å²) in [4.78, 5) is 0. The molecular weight excluding hydrogens is 414 g/mol. The Morgan fingerprint density at radius 2 is 1.23 bits per heavy atom. The van der Waals surface area contributed by atoms with Crippen LogP contribution in [0.25, 0.3) is 0 Å². The first-order chi connectivity index (χ1) is 14.5. The van der Waals surface area contributed by atoms with Crippen LogP contribution in [0.5, 0.6) is 0 Å². The molecule has 2 aliphatic carbocycles. The summed E-state index contributed by atoms with van der Waals surface area (Å²) in [5.41, 5.74) is -2.29. The van der Waals surface area contributed by atoms with Gasteiger partial charge >= 0.3 is 12.4 Å². The van der Waals surface area contributed by atoms with E-state index in [0.29, 0.717) is 6.42 Å². The number of rotatable bonds is 4. The molecule has 0 heterocycles. The topological polar surface area (TPSA) is 0 Å². The Kier molecular flexibility index (Phi) is 10.9. The van der Waals surface area contributed by atoms with Crippen LogP contribution in [0.1, 0.15) is 109 Å². The minimum atomic E-state index is -4.77. The summed E-state index contributed by atoms with van der Waals surface area (Å²) in [6, 6.07) is 1.91. The van der Waals surface area contributed by atoms with Crippen LogP contribution in [0.2, 0.25) is 0 Å². The summed E-state index contributed by atoms with van der Waals surface area (Å²) in [6.45, 7) is 10.5. The summed E-state index contributed by atoms with van der Waals surface area (Å²) < 4.78 is 76.5. The summed E-state index contributed by atoms with van der Waals surface area (Å²) >= 11 is 0. The van der Waals surface area contributed by atoms with E-state index in [2.05, 4.69) is 13.8 Å². The fourth-order valence-corrected chi connectivity index (χ4v) is 4.27. The molecule has 1 unspecified atom stereocenters. The van der Waals surface area contributed by atoms with Crippen molar-refractivity contribution in [2.75, 3.05) is 0 Å². The number of hydrogen-bond acceptors (Lipinski definition) is 0. The maximum Gasteiger partial charge on any atom is 0.416 e. The van der Waals surface area contributed by atoms with E-state index in [-0.39, 0.29) is 23.5 Å². The molecule has 0 aliphatic heterocycles. The molecule has 1 atom stereocenters. The minimum absolute atomic E-state index is 0.150. The van der Waals surface area contributed by atoms with Crippen LogP contribution >= 0.6 is 0 Å². The van der Waals surface area contributed by atoms with E-state index in [1.54, 1.807) is 6.92 Å². The number of alkyl halides is 6. The highest BCUT2D eigenvalue weighted by Crippen LogP contribution is 2.46. The summed E-state index contributed by atoms with van der Waals surface area (Å²) in [6.07, 6.45) is 0.129. The quantitative estimate of drug-likeness (QED) is 0.399. The Morgan fingerprint density at radius 3 is 1.55 bits per heavy atom. The Hall–Kier alpha value is -1.20. The third kappa shape index (κ3) is 9.05. The molecule has 2 saturated carbocycles. The van der Waals surface area contributed by atoms with Crippen LogP contribution in [0.4, 0.5) is 26.3 Å². The highest BCUT2D eigenvalue weighted by molar-refractivity contribution is 5.36. The second-order valence-corrected chi connectivity index (χ2v) is 8.73. The van der Waals surface area contributed by atoms with Crippen LogP contribution in [-0.4, -0.2) is 0 Å². The van der Waals surface area contributed by atoms with E-state index in [4.69, 9.17) is 0 Å². The van der Waals surface area contributed by atoms with Crippen molar-refractivity contribution in [1.29, 1.82) is 0 Å². The zero-order valence-electron chi connectivity index (χ0n) is 19.5. The van der Waals surface area contributed by atoms with Gasteiger partial charge in [0, 0.05) is 0 Å². The predicted molar refractivity (Wildman–Crippen MR) is 115 cm³/mol. The van der Waals surface area contributed by atoms with Crippen LogP contribution in [-0.2, 0) is 12.4 Å². The van der Waals surface area contributed by atoms with E-state index < -0.39 is 23.5 Å². The van der Waals surface area contributed by atoms with E-state index in [1.807, 2.05) is 13.8 Å². The van der Waals surface area contributed by atoms with Gasteiger partial charge in [0.05, 0.1) is 11.1 Å². The van der Waals surface area contributed by atoms with Crippen LogP contribution in [0, 0.1) is 17.8 Å². The number of benzene rings is 1. The molecule has 0 saturated heterocycles. The molecule has 0 amide bonds. The van der Waals surface area contributed by atoms with Crippen molar-refractivity contribution in [3.05, 3.63) is 34.9 Å². The lowest BCUT2D eigenvalue weighted by atomic mass is 9.82. The average molecular weight is 453 g/mol. The van der Waals surface area contributed by atoms with E-state index in [9.17, 15) is 26.3 Å². The van der Waals surface area contributed by atoms with E-state index in [0.717, 1.165) is 36.8 Å². The molecule has 0 N–H and O–H groups in total. The molecule has 3 rings (SSSR count). The molecule has 6 heteroatoms. The SMILES string of the molecule is CC.CCC(c1cc(C(F)(F)F)cc(C(F)(F)F)c1)C1CC1.CCC1CCC(C)CC1. The lowest BCUT2D eigenvalue weighted by Crippen LogP contribution is -2.13. The Morgan fingerprint density at radius 1 is 0.774 bits per heavy atom. The molecule has 0 aromatic heterocycles. The van der Waals surface area contributed by atoms with Gasteiger partial charge < -0.3 is 0 Å². The van der Waals surface area contributed by atoms with E-state index in [1.165, 1.54) is 32.1 Å². The molecule has 180 valence electrons. The maximum absolute atomic E-state index is 12.8. The van der Waals surface area contributed by atoms with Crippen molar-refractivity contribution >= 4 is 0 Å². The summed E-state index contributed by atoms with van der Waals surface area (Å²) in [7, 11) is 0. The van der Waals surface area contributed by atoms with Crippen LogP contribution in [0.15, 0.2) is 18.2 Å². The first-order valence-electron chi connectivity index (χ1n) is 11.7. The molecule has 1 aromatic rings. The van der Waals surface area contributed by atoms with Gasteiger partial charge in [0.2, 0.25) is 0 Å². The zero-order valence-corrected chi connectivity index (χ0v) is 19.5. The molecule has 0 spiro atoms. The fraction of sp³-hybridized carbons (Fsp3) is 0.760. The Labute approximate surface area is 183 Å². The van der Waals surface area contributed by atoms with Gasteiger partial charge in [-0.25, -0.2) is 0 Å². The third-order valence-corrected chi connectivity index (χ3v) is 6.38. The molecule has 1 aromatic carbocycles. The van der Waals surface area contributed by atoms with Crippen molar-refractivity contribution < 1.29 is 26.3 Å². The monoisotopic (exact) mass is 452 g/mol. The highest BCUT2D eigenvalue weighted by atomic mass is 19.4. The molecule has 31 heavy (non-hydrogen) atoms. The first-order valence-corrected chi connectivity index (χ1v) is 11.7. The second-order valence-electron chi connectivity index (χ2n) is 8.73. The van der Waals surface area contributed by atoms with Crippen molar-refractivity contribution in [3.8, 4) is 0 Å². The Balaban J connectivity index is 0.000000365. The molecule has 2 aliphatic rings. The Bertz CT molecular complexity index is 602. The normalized spacial score (nSPS) is 22.5. The first kappa shape index (κ1) is 27.8.